The number of carbonyl (C=O) groups excluding carboxylic acids is 1. The number of carboxylic acid groups (broad SMARTS) is 1. The third kappa shape index (κ3) is 5.24. The number of nitrogens with zero attached hydrogens (tertiary/aromatic N) is 1. The molecule has 23 heavy (non-hydrogen) atoms. The van der Waals surface area contributed by atoms with Gasteiger partial charge in [-0.25, -0.2) is 0 Å². The second kappa shape index (κ2) is 7.82. The van der Waals surface area contributed by atoms with Gasteiger partial charge >= 0.3 is 5.97 Å². The monoisotopic (exact) mass is 337 g/mol. The van der Waals surface area contributed by atoms with E-state index in [1.165, 1.54) is 0 Å². The van der Waals surface area contributed by atoms with Gasteiger partial charge in [-0.05, 0) is 42.4 Å². The number of carbonyl (C=O) groups is 2. The molecule has 5 heteroatoms. The molecule has 2 rings (SSSR count). The molecule has 3 unspecified atom stereocenters. The Morgan fingerprint density at radius 2 is 1.96 bits per heavy atom. The van der Waals surface area contributed by atoms with Crippen molar-refractivity contribution in [3.63, 3.8) is 0 Å². The van der Waals surface area contributed by atoms with E-state index >= 15 is 0 Å². The highest BCUT2D eigenvalue weighted by molar-refractivity contribution is 6.30. The second-order valence-electron chi connectivity index (χ2n) is 6.81. The Morgan fingerprint density at radius 3 is 2.57 bits per heavy atom. The van der Waals surface area contributed by atoms with E-state index in [2.05, 4.69) is 6.92 Å². The average molecular weight is 338 g/mol. The van der Waals surface area contributed by atoms with Crippen molar-refractivity contribution in [1.29, 1.82) is 0 Å². The van der Waals surface area contributed by atoms with Gasteiger partial charge in [-0.1, -0.05) is 37.6 Å². The molecule has 1 aromatic carbocycles. The van der Waals surface area contributed by atoms with Gasteiger partial charge in [-0.15, -0.1) is 0 Å². The van der Waals surface area contributed by atoms with E-state index in [1.54, 1.807) is 4.90 Å². The van der Waals surface area contributed by atoms with Gasteiger partial charge in [-0.2, -0.15) is 0 Å². The maximum absolute atomic E-state index is 12.5. The molecule has 0 saturated carbocycles. The van der Waals surface area contributed by atoms with Crippen LogP contribution in [-0.2, 0) is 16.0 Å². The summed E-state index contributed by atoms with van der Waals surface area (Å²) in [5.74, 6) is -0.730. The van der Waals surface area contributed by atoms with Crippen LogP contribution < -0.4 is 0 Å². The maximum Gasteiger partial charge on any atom is 0.308 e. The minimum atomic E-state index is -0.802. The summed E-state index contributed by atoms with van der Waals surface area (Å²) in [5, 5.41) is 9.91. The third-order valence-electron chi connectivity index (χ3n) is 4.38. The molecule has 1 aliphatic heterocycles. The number of carboxylic acids is 1. The lowest BCUT2D eigenvalue weighted by molar-refractivity contribution is -0.147. The van der Waals surface area contributed by atoms with Crippen LogP contribution in [0.2, 0.25) is 5.02 Å². The lowest BCUT2D eigenvalue weighted by Crippen LogP contribution is -2.45. The molecule has 0 aromatic heterocycles. The molecule has 0 bridgehead atoms. The van der Waals surface area contributed by atoms with E-state index in [9.17, 15) is 14.7 Å². The smallest absolute Gasteiger partial charge is 0.308 e. The molecule has 1 amide bonds. The highest BCUT2D eigenvalue weighted by Gasteiger charge is 2.32. The van der Waals surface area contributed by atoms with E-state index in [1.807, 2.05) is 31.2 Å². The molecule has 1 N–H and O–H groups in total. The van der Waals surface area contributed by atoms with Gasteiger partial charge in [0.1, 0.15) is 0 Å². The fraction of sp³-hybridized carbons (Fsp3) is 0.556. The summed E-state index contributed by atoms with van der Waals surface area (Å²) in [6.45, 7) is 5.06. The Bertz CT molecular complexity index is 558. The van der Waals surface area contributed by atoms with E-state index < -0.39 is 11.9 Å². The summed E-state index contributed by atoms with van der Waals surface area (Å²) in [7, 11) is 0. The van der Waals surface area contributed by atoms with Gasteiger partial charge in [-0.3, -0.25) is 9.59 Å². The minimum absolute atomic E-state index is 0.0595. The van der Waals surface area contributed by atoms with Crippen molar-refractivity contribution >= 4 is 23.5 Å². The van der Waals surface area contributed by atoms with Crippen LogP contribution in [-0.4, -0.2) is 35.0 Å². The van der Waals surface area contributed by atoms with E-state index in [0.29, 0.717) is 31.0 Å². The van der Waals surface area contributed by atoms with Crippen molar-refractivity contribution in [1.82, 2.24) is 4.90 Å². The Balaban J connectivity index is 1.89. The van der Waals surface area contributed by atoms with Gasteiger partial charge in [0.05, 0.1) is 5.92 Å². The van der Waals surface area contributed by atoms with Crippen LogP contribution in [0.15, 0.2) is 24.3 Å². The van der Waals surface area contributed by atoms with Gasteiger partial charge in [0.25, 0.3) is 0 Å². The zero-order valence-corrected chi connectivity index (χ0v) is 14.4. The van der Waals surface area contributed by atoms with Crippen molar-refractivity contribution in [2.24, 2.45) is 17.8 Å². The third-order valence-corrected chi connectivity index (χ3v) is 4.63. The molecule has 1 heterocycles. The van der Waals surface area contributed by atoms with Crippen molar-refractivity contribution in [3.05, 3.63) is 34.9 Å². The van der Waals surface area contributed by atoms with Crippen LogP contribution in [0, 0.1) is 17.8 Å². The van der Waals surface area contributed by atoms with Crippen molar-refractivity contribution in [2.75, 3.05) is 13.1 Å². The number of piperidine rings is 1. The van der Waals surface area contributed by atoms with Gasteiger partial charge in [0.15, 0.2) is 0 Å². The highest BCUT2D eigenvalue weighted by Crippen LogP contribution is 2.24. The van der Waals surface area contributed by atoms with Crippen molar-refractivity contribution < 1.29 is 14.7 Å². The SMILES string of the molecule is CC(CC(=O)N1CC(C)CC(C(=O)O)C1)Cc1ccc(Cl)cc1. The lowest BCUT2D eigenvalue weighted by Gasteiger charge is -2.35. The van der Waals surface area contributed by atoms with Crippen LogP contribution >= 0.6 is 11.6 Å². The number of likely N-dealkylation sites (tertiary alicyclic amines) is 1. The quantitative estimate of drug-likeness (QED) is 0.895. The molecule has 1 saturated heterocycles. The summed E-state index contributed by atoms with van der Waals surface area (Å²) in [6, 6.07) is 7.67. The van der Waals surface area contributed by atoms with Gasteiger partial charge in [0, 0.05) is 24.5 Å². The van der Waals surface area contributed by atoms with Gasteiger partial charge < -0.3 is 10.0 Å². The minimum Gasteiger partial charge on any atom is -0.481 e. The number of rotatable bonds is 5. The first-order valence-electron chi connectivity index (χ1n) is 8.10. The number of benzene rings is 1. The molecule has 0 spiro atoms. The Hall–Kier alpha value is -1.55. The predicted molar refractivity (Wildman–Crippen MR) is 90.4 cm³/mol. The molecule has 3 atom stereocenters. The number of amides is 1. The maximum atomic E-state index is 12.5. The summed E-state index contributed by atoms with van der Waals surface area (Å²) in [5.41, 5.74) is 1.16. The van der Waals surface area contributed by atoms with Crippen molar-refractivity contribution in [3.8, 4) is 0 Å². The van der Waals surface area contributed by atoms with Crippen LogP contribution in [0.5, 0.6) is 0 Å². The number of hydrogen-bond donors (Lipinski definition) is 1. The summed E-state index contributed by atoms with van der Waals surface area (Å²) in [4.78, 5) is 25.4. The van der Waals surface area contributed by atoms with Crippen LogP contribution in [0.3, 0.4) is 0 Å². The summed E-state index contributed by atoms with van der Waals surface area (Å²) < 4.78 is 0. The number of halogens is 1. The Labute approximate surface area is 142 Å². The lowest BCUT2D eigenvalue weighted by atomic mass is 9.89. The second-order valence-corrected chi connectivity index (χ2v) is 7.25. The predicted octanol–water partition coefficient (Wildman–Crippen LogP) is 3.48. The molecule has 4 nitrogen and oxygen atoms in total. The zero-order chi connectivity index (χ0) is 17.0. The first-order valence-corrected chi connectivity index (χ1v) is 8.48. The first-order chi connectivity index (χ1) is 10.8. The molecular formula is C18H24ClNO3. The summed E-state index contributed by atoms with van der Waals surface area (Å²) in [6.07, 6.45) is 1.91. The fourth-order valence-corrected chi connectivity index (χ4v) is 3.38. The molecule has 1 aliphatic rings. The van der Waals surface area contributed by atoms with E-state index in [-0.39, 0.29) is 17.7 Å². The molecule has 1 aromatic rings. The first kappa shape index (κ1) is 17.8. The summed E-state index contributed by atoms with van der Waals surface area (Å²) >= 11 is 5.88. The molecular weight excluding hydrogens is 314 g/mol. The zero-order valence-electron chi connectivity index (χ0n) is 13.7. The molecule has 0 aliphatic carbocycles. The van der Waals surface area contributed by atoms with E-state index in [0.717, 1.165) is 12.0 Å². The number of aliphatic carboxylic acids is 1. The number of hydrogen-bond acceptors (Lipinski definition) is 2. The topological polar surface area (TPSA) is 57.6 Å². The van der Waals surface area contributed by atoms with Crippen LogP contribution in [0.1, 0.15) is 32.3 Å². The largest absolute Gasteiger partial charge is 0.481 e. The molecule has 0 radical (unpaired) electrons. The van der Waals surface area contributed by atoms with E-state index in [4.69, 9.17) is 11.6 Å². The average Bonchev–Trinajstić information content (AvgIpc) is 2.48. The standard InChI is InChI=1S/C18H24ClNO3/c1-12(7-14-3-5-16(19)6-4-14)9-17(21)20-10-13(2)8-15(11-20)18(22)23/h3-6,12-13,15H,7-11H2,1-2H3,(H,22,23). The van der Waals surface area contributed by atoms with Crippen LogP contribution in [0.4, 0.5) is 0 Å². The normalized spacial score (nSPS) is 22.7. The molecule has 1 fully saturated rings. The molecule has 126 valence electrons. The van der Waals surface area contributed by atoms with Crippen LogP contribution in [0.25, 0.3) is 0 Å². The fourth-order valence-electron chi connectivity index (χ4n) is 3.26. The highest BCUT2D eigenvalue weighted by atomic mass is 35.5. The Kier molecular flexibility index (Phi) is 6.05. The Morgan fingerprint density at radius 1 is 1.30 bits per heavy atom. The van der Waals surface area contributed by atoms with Crippen molar-refractivity contribution in [2.45, 2.75) is 33.1 Å². The van der Waals surface area contributed by atoms with Gasteiger partial charge in [0.2, 0.25) is 5.91 Å².